The molecule has 18 heavy (non-hydrogen) atoms. The molecule has 0 aliphatic carbocycles. The highest BCUT2D eigenvalue weighted by molar-refractivity contribution is 5.63. The molecule has 0 aliphatic heterocycles. The molecule has 0 saturated heterocycles. The Bertz CT molecular complexity index is 544. The SMILES string of the molecule is CCc1nc(NC)c(C)c(-c2nccn2CC)n1. The van der Waals surface area contributed by atoms with E-state index in [-0.39, 0.29) is 0 Å². The molecule has 5 nitrogen and oxygen atoms in total. The average Bonchev–Trinajstić information content (AvgIpc) is 2.87. The fourth-order valence-electron chi connectivity index (χ4n) is 1.96. The highest BCUT2D eigenvalue weighted by Gasteiger charge is 2.14. The van der Waals surface area contributed by atoms with E-state index in [0.717, 1.165) is 41.7 Å². The van der Waals surface area contributed by atoms with E-state index in [1.54, 1.807) is 0 Å². The van der Waals surface area contributed by atoms with Crippen molar-refractivity contribution in [2.24, 2.45) is 0 Å². The van der Waals surface area contributed by atoms with Crippen molar-refractivity contribution >= 4 is 5.82 Å². The summed E-state index contributed by atoms with van der Waals surface area (Å²) >= 11 is 0. The fourth-order valence-corrected chi connectivity index (χ4v) is 1.96. The zero-order valence-corrected chi connectivity index (χ0v) is 11.4. The van der Waals surface area contributed by atoms with Crippen LogP contribution in [-0.2, 0) is 13.0 Å². The monoisotopic (exact) mass is 245 g/mol. The summed E-state index contributed by atoms with van der Waals surface area (Å²) in [6.07, 6.45) is 4.60. The van der Waals surface area contributed by atoms with Crippen molar-refractivity contribution in [2.75, 3.05) is 12.4 Å². The predicted molar refractivity (Wildman–Crippen MR) is 72.6 cm³/mol. The van der Waals surface area contributed by atoms with Crippen molar-refractivity contribution in [3.05, 3.63) is 23.8 Å². The topological polar surface area (TPSA) is 55.6 Å². The second-order valence-electron chi connectivity index (χ2n) is 4.10. The van der Waals surface area contributed by atoms with Gasteiger partial charge in [-0.1, -0.05) is 6.92 Å². The van der Waals surface area contributed by atoms with Crippen LogP contribution in [0.3, 0.4) is 0 Å². The van der Waals surface area contributed by atoms with Gasteiger partial charge in [-0.25, -0.2) is 15.0 Å². The third-order valence-corrected chi connectivity index (χ3v) is 3.01. The Morgan fingerprint density at radius 3 is 2.67 bits per heavy atom. The fraction of sp³-hybridized carbons (Fsp3) is 0.462. The molecule has 0 saturated carbocycles. The lowest BCUT2D eigenvalue weighted by Gasteiger charge is -2.12. The Morgan fingerprint density at radius 2 is 2.06 bits per heavy atom. The number of aryl methyl sites for hydroxylation is 2. The number of aromatic nitrogens is 4. The van der Waals surface area contributed by atoms with E-state index in [9.17, 15) is 0 Å². The van der Waals surface area contributed by atoms with Crippen LogP contribution in [0.4, 0.5) is 5.82 Å². The second-order valence-corrected chi connectivity index (χ2v) is 4.10. The standard InChI is InChI=1S/C13H19N5/c1-5-10-16-11(9(3)12(14-4)17-10)13-15-7-8-18(13)6-2/h7-8H,5-6H2,1-4H3,(H,14,16,17). The van der Waals surface area contributed by atoms with Crippen molar-refractivity contribution in [3.63, 3.8) is 0 Å². The van der Waals surface area contributed by atoms with Crippen molar-refractivity contribution in [3.8, 4) is 11.5 Å². The number of hydrogen-bond donors (Lipinski definition) is 1. The van der Waals surface area contributed by atoms with Crippen LogP contribution in [-0.4, -0.2) is 26.6 Å². The molecule has 2 rings (SSSR count). The molecule has 2 aromatic heterocycles. The number of rotatable bonds is 4. The summed E-state index contributed by atoms with van der Waals surface area (Å²) in [7, 11) is 1.88. The molecule has 0 aliphatic rings. The Morgan fingerprint density at radius 1 is 1.28 bits per heavy atom. The van der Waals surface area contributed by atoms with Crippen molar-refractivity contribution in [1.29, 1.82) is 0 Å². The van der Waals surface area contributed by atoms with Gasteiger partial charge in [0.2, 0.25) is 0 Å². The van der Waals surface area contributed by atoms with E-state index in [2.05, 4.69) is 38.7 Å². The molecular weight excluding hydrogens is 226 g/mol. The van der Waals surface area contributed by atoms with Gasteiger partial charge >= 0.3 is 0 Å². The number of hydrogen-bond acceptors (Lipinski definition) is 4. The summed E-state index contributed by atoms with van der Waals surface area (Å²) in [6.45, 7) is 7.06. The van der Waals surface area contributed by atoms with E-state index in [4.69, 9.17) is 0 Å². The van der Waals surface area contributed by atoms with E-state index in [0.29, 0.717) is 0 Å². The molecule has 0 spiro atoms. The van der Waals surface area contributed by atoms with Gasteiger partial charge in [0.05, 0.1) is 0 Å². The summed E-state index contributed by atoms with van der Waals surface area (Å²) in [4.78, 5) is 13.5. The number of nitrogens with zero attached hydrogens (tertiary/aromatic N) is 4. The molecule has 0 aromatic carbocycles. The van der Waals surface area contributed by atoms with Gasteiger partial charge in [0.25, 0.3) is 0 Å². The van der Waals surface area contributed by atoms with Crippen LogP contribution in [0.1, 0.15) is 25.2 Å². The normalized spacial score (nSPS) is 10.7. The van der Waals surface area contributed by atoms with Crippen LogP contribution < -0.4 is 5.32 Å². The van der Waals surface area contributed by atoms with Crippen LogP contribution in [0, 0.1) is 6.92 Å². The van der Waals surface area contributed by atoms with Gasteiger partial charge in [-0.05, 0) is 13.8 Å². The quantitative estimate of drug-likeness (QED) is 0.897. The smallest absolute Gasteiger partial charge is 0.159 e. The molecule has 0 bridgehead atoms. The van der Waals surface area contributed by atoms with Crippen LogP contribution >= 0.6 is 0 Å². The van der Waals surface area contributed by atoms with Crippen LogP contribution in [0.25, 0.3) is 11.5 Å². The predicted octanol–water partition coefficient (Wildman–Crippen LogP) is 2.27. The lowest BCUT2D eigenvalue weighted by molar-refractivity contribution is 0.764. The third-order valence-electron chi connectivity index (χ3n) is 3.01. The van der Waals surface area contributed by atoms with Crippen molar-refractivity contribution in [1.82, 2.24) is 19.5 Å². The first-order valence-corrected chi connectivity index (χ1v) is 6.28. The molecule has 0 atom stereocenters. The minimum atomic E-state index is 0.814. The Kier molecular flexibility index (Phi) is 3.60. The minimum absolute atomic E-state index is 0.814. The zero-order valence-electron chi connectivity index (χ0n) is 11.4. The van der Waals surface area contributed by atoms with Crippen molar-refractivity contribution in [2.45, 2.75) is 33.7 Å². The maximum Gasteiger partial charge on any atom is 0.159 e. The van der Waals surface area contributed by atoms with E-state index >= 15 is 0 Å². The van der Waals surface area contributed by atoms with Crippen LogP contribution in [0.5, 0.6) is 0 Å². The van der Waals surface area contributed by atoms with Gasteiger partial charge in [-0.15, -0.1) is 0 Å². The molecule has 0 amide bonds. The summed E-state index contributed by atoms with van der Waals surface area (Å²) in [5.41, 5.74) is 1.95. The molecule has 5 heteroatoms. The number of imidazole rings is 1. The molecule has 96 valence electrons. The molecule has 0 unspecified atom stereocenters. The number of anilines is 1. The summed E-state index contributed by atoms with van der Waals surface area (Å²) in [5.74, 6) is 2.62. The Labute approximate surface area is 107 Å². The highest BCUT2D eigenvalue weighted by Crippen LogP contribution is 2.24. The van der Waals surface area contributed by atoms with Crippen LogP contribution in [0.2, 0.25) is 0 Å². The highest BCUT2D eigenvalue weighted by atomic mass is 15.1. The minimum Gasteiger partial charge on any atom is -0.373 e. The van der Waals surface area contributed by atoms with E-state index < -0.39 is 0 Å². The second kappa shape index (κ2) is 5.16. The first kappa shape index (κ1) is 12.5. The Balaban J connectivity index is 2.62. The lowest BCUT2D eigenvalue weighted by atomic mass is 10.2. The molecule has 1 N–H and O–H groups in total. The van der Waals surface area contributed by atoms with Gasteiger partial charge < -0.3 is 9.88 Å². The molecular formula is C13H19N5. The third kappa shape index (κ3) is 2.08. The van der Waals surface area contributed by atoms with Crippen molar-refractivity contribution < 1.29 is 0 Å². The maximum absolute atomic E-state index is 4.62. The van der Waals surface area contributed by atoms with E-state index in [1.165, 1.54) is 0 Å². The first-order valence-electron chi connectivity index (χ1n) is 6.28. The summed E-state index contributed by atoms with van der Waals surface area (Å²) in [6, 6.07) is 0. The summed E-state index contributed by atoms with van der Waals surface area (Å²) < 4.78 is 2.09. The van der Waals surface area contributed by atoms with Crippen LogP contribution in [0.15, 0.2) is 12.4 Å². The van der Waals surface area contributed by atoms with Gasteiger partial charge in [0, 0.05) is 38.0 Å². The van der Waals surface area contributed by atoms with Gasteiger partial charge in [-0.2, -0.15) is 0 Å². The van der Waals surface area contributed by atoms with Gasteiger partial charge in [0.15, 0.2) is 5.82 Å². The molecule has 2 heterocycles. The van der Waals surface area contributed by atoms with Gasteiger partial charge in [0.1, 0.15) is 17.3 Å². The van der Waals surface area contributed by atoms with Gasteiger partial charge in [-0.3, -0.25) is 0 Å². The number of nitrogens with one attached hydrogen (secondary N) is 1. The summed E-state index contributed by atoms with van der Waals surface area (Å²) in [5, 5.41) is 3.12. The largest absolute Gasteiger partial charge is 0.373 e. The zero-order chi connectivity index (χ0) is 13.1. The molecule has 0 fully saturated rings. The van der Waals surface area contributed by atoms with E-state index in [1.807, 2.05) is 26.4 Å². The molecule has 0 radical (unpaired) electrons. The maximum atomic E-state index is 4.62. The average molecular weight is 245 g/mol. The first-order chi connectivity index (χ1) is 8.71. The Hall–Kier alpha value is -1.91. The lowest BCUT2D eigenvalue weighted by Crippen LogP contribution is -2.07. The molecule has 2 aromatic rings.